The van der Waals surface area contributed by atoms with E-state index in [2.05, 4.69) is 10.6 Å². The van der Waals surface area contributed by atoms with Crippen LogP contribution in [0, 0.1) is 0 Å². The van der Waals surface area contributed by atoms with Gasteiger partial charge in [-0.2, -0.15) is 11.3 Å². The van der Waals surface area contributed by atoms with Crippen molar-refractivity contribution >= 4 is 34.4 Å². The molecule has 0 bridgehead atoms. The van der Waals surface area contributed by atoms with Crippen molar-refractivity contribution in [1.29, 1.82) is 0 Å². The van der Waals surface area contributed by atoms with E-state index in [-0.39, 0.29) is 6.03 Å². The monoisotopic (exact) mass is 374 g/mol. The van der Waals surface area contributed by atoms with Gasteiger partial charge in [-0.1, -0.05) is 6.07 Å². The summed E-state index contributed by atoms with van der Waals surface area (Å²) in [5, 5.41) is 19.8. The zero-order valence-electron chi connectivity index (χ0n) is 13.6. The quantitative estimate of drug-likeness (QED) is 0.605. The van der Waals surface area contributed by atoms with Crippen LogP contribution >= 0.6 is 22.7 Å². The molecule has 7 heteroatoms. The summed E-state index contributed by atoms with van der Waals surface area (Å²) in [5.41, 5.74) is 1.55. The maximum Gasteiger partial charge on any atom is 0.319 e. The molecule has 2 aromatic heterocycles. The number of carbonyl (C=O) groups excluding carboxylic acids is 1. The molecule has 3 N–H and O–H groups in total. The summed E-state index contributed by atoms with van der Waals surface area (Å²) in [4.78, 5) is 13.8. The number of methoxy groups -OCH3 is 1. The fourth-order valence-corrected chi connectivity index (χ4v) is 3.92. The van der Waals surface area contributed by atoms with Gasteiger partial charge >= 0.3 is 6.03 Å². The molecular weight excluding hydrogens is 356 g/mol. The van der Waals surface area contributed by atoms with E-state index in [4.69, 9.17) is 4.74 Å². The van der Waals surface area contributed by atoms with Gasteiger partial charge in [0, 0.05) is 21.5 Å². The van der Waals surface area contributed by atoms with E-state index < -0.39 is 6.10 Å². The van der Waals surface area contributed by atoms with Gasteiger partial charge in [0.25, 0.3) is 0 Å². The minimum atomic E-state index is -0.615. The predicted molar refractivity (Wildman–Crippen MR) is 102 cm³/mol. The Kier molecular flexibility index (Phi) is 5.70. The second-order valence-electron chi connectivity index (χ2n) is 5.30. The molecule has 1 atom stereocenters. The molecule has 0 aliphatic rings. The summed E-state index contributed by atoms with van der Waals surface area (Å²) in [6, 6.07) is 12.6. The molecule has 5 nitrogen and oxygen atoms in total. The predicted octanol–water partition coefficient (Wildman–Crippen LogP) is 4.22. The van der Waals surface area contributed by atoms with Crippen molar-refractivity contribution < 1.29 is 14.6 Å². The summed E-state index contributed by atoms with van der Waals surface area (Å²) in [7, 11) is 1.58. The van der Waals surface area contributed by atoms with Crippen molar-refractivity contribution in [2.45, 2.75) is 12.6 Å². The van der Waals surface area contributed by atoms with Gasteiger partial charge < -0.3 is 20.5 Å². The second-order valence-corrected chi connectivity index (χ2v) is 7.28. The van der Waals surface area contributed by atoms with Crippen LogP contribution in [0.2, 0.25) is 0 Å². The lowest BCUT2D eigenvalue weighted by atomic mass is 10.2. The highest BCUT2D eigenvalue weighted by molar-refractivity contribution is 7.12. The second kappa shape index (κ2) is 8.15. The highest BCUT2D eigenvalue weighted by Gasteiger charge is 2.13. The van der Waals surface area contributed by atoms with Gasteiger partial charge in [-0.25, -0.2) is 4.79 Å². The molecule has 2 heterocycles. The topological polar surface area (TPSA) is 70.6 Å². The Hall–Kier alpha value is -2.35. The van der Waals surface area contributed by atoms with Gasteiger partial charge in [0.05, 0.1) is 13.7 Å². The van der Waals surface area contributed by atoms with Gasteiger partial charge in [-0.05, 0) is 46.7 Å². The van der Waals surface area contributed by atoms with Crippen LogP contribution in [0.15, 0.2) is 53.2 Å². The van der Waals surface area contributed by atoms with Crippen LogP contribution < -0.4 is 15.4 Å². The summed E-state index contributed by atoms with van der Waals surface area (Å²) < 4.78 is 5.13. The fourth-order valence-electron chi connectivity index (χ4n) is 2.27. The van der Waals surface area contributed by atoms with E-state index in [0.29, 0.717) is 18.0 Å². The minimum absolute atomic E-state index is 0.290. The Balaban J connectivity index is 1.54. The van der Waals surface area contributed by atoms with Crippen molar-refractivity contribution in [3.63, 3.8) is 0 Å². The average molecular weight is 374 g/mol. The van der Waals surface area contributed by atoms with Crippen molar-refractivity contribution in [2.75, 3.05) is 12.4 Å². The Labute approximate surface area is 153 Å². The number of ether oxygens (including phenoxy) is 1. The van der Waals surface area contributed by atoms with Crippen LogP contribution in [0.5, 0.6) is 5.75 Å². The van der Waals surface area contributed by atoms with Gasteiger partial charge in [0.15, 0.2) is 0 Å². The molecule has 3 rings (SSSR count). The Morgan fingerprint density at radius 3 is 2.92 bits per heavy atom. The van der Waals surface area contributed by atoms with Gasteiger partial charge in [-0.3, -0.25) is 0 Å². The molecule has 1 aromatic carbocycles. The van der Waals surface area contributed by atoms with Gasteiger partial charge in [-0.15, -0.1) is 11.3 Å². The van der Waals surface area contributed by atoms with Crippen LogP contribution in [-0.4, -0.2) is 18.2 Å². The Morgan fingerprint density at radius 2 is 2.16 bits per heavy atom. The first-order valence-corrected chi connectivity index (χ1v) is 9.39. The molecule has 130 valence electrons. The molecular formula is C18H18N2O3S2. The van der Waals surface area contributed by atoms with Crippen LogP contribution in [-0.2, 0) is 6.54 Å². The number of benzene rings is 1. The van der Waals surface area contributed by atoms with E-state index in [0.717, 1.165) is 15.3 Å². The highest BCUT2D eigenvalue weighted by Crippen LogP contribution is 2.29. The normalized spacial score (nSPS) is 11.8. The SMILES string of the molecule is COc1cccc(NC(=O)NCc2ccc(C(O)c3ccsc3)s2)c1. The summed E-state index contributed by atoms with van der Waals surface area (Å²) in [6.45, 7) is 0.400. The standard InChI is InChI=1S/C18H18N2O3S2/c1-23-14-4-2-3-13(9-14)20-18(22)19-10-15-5-6-16(25-15)17(21)12-7-8-24-11-12/h2-9,11,17,21H,10H2,1H3,(H2,19,20,22). The van der Waals surface area contributed by atoms with E-state index in [9.17, 15) is 9.90 Å². The van der Waals surface area contributed by atoms with E-state index in [1.54, 1.807) is 30.6 Å². The number of hydrogen-bond donors (Lipinski definition) is 3. The number of hydrogen-bond acceptors (Lipinski definition) is 5. The number of carbonyl (C=O) groups is 1. The smallest absolute Gasteiger partial charge is 0.319 e. The lowest BCUT2D eigenvalue weighted by molar-refractivity contribution is 0.224. The number of amides is 2. The van der Waals surface area contributed by atoms with Crippen LogP contribution in [0.3, 0.4) is 0 Å². The van der Waals surface area contributed by atoms with Crippen LogP contribution in [0.25, 0.3) is 0 Å². The van der Waals surface area contributed by atoms with Crippen LogP contribution in [0.4, 0.5) is 10.5 Å². The average Bonchev–Trinajstić information content (AvgIpc) is 3.31. The maximum absolute atomic E-state index is 12.0. The number of rotatable bonds is 6. The fraction of sp³-hybridized carbons (Fsp3) is 0.167. The molecule has 0 radical (unpaired) electrons. The van der Waals surface area contributed by atoms with Gasteiger partial charge in [0.2, 0.25) is 0 Å². The molecule has 0 aliphatic heterocycles. The summed E-state index contributed by atoms with van der Waals surface area (Å²) >= 11 is 3.04. The molecule has 0 fully saturated rings. The first kappa shape index (κ1) is 17.5. The number of thiophene rings is 2. The van der Waals surface area contributed by atoms with E-state index in [1.807, 2.05) is 41.1 Å². The number of anilines is 1. The molecule has 0 saturated carbocycles. The van der Waals surface area contributed by atoms with Crippen molar-refractivity contribution in [3.05, 3.63) is 68.5 Å². The molecule has 25 heavy (non-hydrogen) atoms. The lowest BCUT2D eigenvalue weighted by Gasteiger charge is -2.08. The molecule has 2 amide bonds. The number of nitrogens with one attached hydrogen (secondary N) is 2. The molecule has 0 spiro atoms. The largest absolute Gasteiger partial charge is 0.497 e. The number of aliphatic hydroxyl groups excluding tert-OH is 1. The number of aliphatic hydroxyl groups is 1. The van der Waals surface area contributed by atoms with E-state index in [1.165, 1.54) is 11.3 Å². The summed E-state index contributed by atoms with van der Waals surface area (Å²) in [6.07, 6.45) is -0.615. The van der Waals surface area contributed by atoms with E-state index >= 15 is 0 Å². The zero-order valence-corrected chi connectivity index (χ0v) is 15.2. The number of urea groups is 1. The Bertz CT molecular complexity index is 830. The molecule has 0 saturated heterocycles. The zero-order chi connectivity index (χ0) is 17.6. The van der Waals surface area contributed by atoms with Crippen LogP contribution in [0.1, 0.15) is 21.4 Å². The summed E-state index contributed by atoms with van der Waals surface area (Å²) in [5.74, 6) is 0.683. The first-order valence-electron chi connectivity index (χ1n) is 7.63. The third-order valence-electron chi connectivity index (χ3n) is 3.56. The molecule has 3 aromatic rings. The molecule has 0 aliphatic carbocycles. The van der Waals surface area contributed by atoms with Crippen molar-refractivity contribution in [2.24, 2.45) is 0 Å². The van der Waals surface area contributed by atoms with Gasteiger partial charge in [0.1, 0.15) is 11.9 Å². The highest BCUT2D eigenvalue weighted by atomic mass is 32.1. The maximum atomic E-state index is 12.0. The third kappa shape index (κ3) is 4.60. The van der Waals surface area contributed by atoms with Crippen molar-refractivity contribution in [1.82, 2.24) is 5.32 Å². The lowest BCUT2D eigenvalue weighted by Crippen LogP contribution is -2.27. The van der Waals surface area contributed by atoms with Crippen molar-refractivity contribution in [3.8, 4) is 5.75 Å². The first-order chi connectivity index (χ1) is 12.2. The Morgan fingerprint density at radius 1 is 1.28 bits per heavy atom. The third-order valence-corrected chi connectivity index (χ3v) is 5.40. The molecule has 1 unspecified atom stereocenters. The minimum Gasteiger partial charge on any atom is -0.497 e.